The molecule has 8 nitrogen and oxygen atoms in total. The molecule has 0 bridgehead atoms. The van der Waals surface area contributed by atoms with Crippen LogP contribution in [0.15, 0.2) is 24.3 Å². The summed E-state index contributed by atoms with van der Waals surface area (Å²) < 4.78 is 7.93. The first kappa shape index (κ1) is 17.5. The van der Waals surface area contributed by atoms with Crippen LogP contribution in [0.25, 0.3) is 0 Å². The van der Waals surface area contributed by atoms with E-state index in [-0.39, 0.29) is 18.4 Å². The summed E-state index contributed by atoms with van der Waals surface area (Å²) >= 11 is 0. The summed E-state index contributed by atoms with van der Waals surface area (Å²) in [5.74, 6) is 1.79. The van der Waals surface area contributed by atoms with Gasteiger partial charge < -0.3 is 15.0 Å². The van der Waals surface area contributed by atoms with Crippen LogP contribution in [-0.4, -0.2) is 56.7 Å². The molecular formula is C19H23N5O3. The van der Waals surface area contributed by atoms with Crippen LogP contribution in [0.1, 0.15) is 34.8 Å². The Bertz CT molecular complexity index is 893. The molecule has 2 aromatic rings. The number of piperidine rings is 1. The molecule has 0 radical (unpaired) electrons. The lowest BCUT2D eigenvalue weighted by Crippen LogP contribution is -2.58. The quantitative estimate of drug-likeness (QED) is 0.856. The molecule has 1 atom stereocenters. The fourth-order valence-corrected chi connectivity index (χ4v) is 3.83. The van der Waals surface area contributed by atoms with Crippen molar-refractivity contribution in [2.24, 2.45) is 0 Å². The van der Waals surface area contributed by atoms with Crippen LogP contribution in [0.2, 0.25) is 0 Å². The smallest absolute Gasteiger partial charge is 0.255 e. The maximum absolute atomic E-state index is 12.8. The molecule has 142 valence electrons. The Balaban J connectivity index is 1.53. The molecule has 1 unspecified atom stereocenters. The average molecular weight is 369 g/mol. The zero-order valence-corrected chi connectivity index (χ0v) is 15.6. The van der Waals surface area contributed by atoms with Crippen molar-refractivity contribution in [2.45, 2.75) is 38.8 Å². The molecule has 2 amide bonds. The van der Waals surface area contributed by atoms with Gasteiger partial charge in [-0.05, 0) is 38.8 Å². The zero-order chi connectivity index (χ0) is 19.0. The number of amides is 2. The van der Waals surface area contributed by atoms with E-state index in [2.05, 4.69) is 15.4 Å². The van der Waals surface area contributed by atoms with Gasteiger partial charge in [-0.1, -0.05) is 12.1 Å². The number of aryl methyl sites for hydroxylation is 2. The van der Waals surface area contributed by atoms with Gasteiger partial charge in [-0.3, -0.25) is 9.59 Å². The number of hydrogen-bond acceptors (Lipinski definition) is 5. The average Bonchev–Trinajstić information content (AvgIpc) is 2.90. The number of nitrogens with zero attached hydrogens (tertiary/aromatic N) is 4. The number of fused-ring (bicyclic) bond motifs is 1. The van der Waals surface area contributed by atoms with Crippen LogP contribution >= 0.6 is 0 Å². The Hall–Kier alpha value is -2.90. The van der Waals surface area contributed by atoms with E-state index in [0.717, 1.165) is 18.7 Å². The summed E-state index contributed by atoms with van der Waals surface area (Å²) in [4.78, 5) is 31.2. The second-order valence-electron chi connectivity index (χ2n) is 7.25. The minimum Gasteiger partial charge on any atom is -0.483 e. The highest BCUT2D eigenvalue weighted by molar-refractivity contribution is 5.97. The first-order valence-corrected chi connectivity index (χ1v) is 9.18. The van der Waals surface area contributed by atoms with Gasteiger partial charge in [0.1, 0.15) is 29.5 Å². The Morgan fingerprint density at radius 2 is 2.15 bits per heavy atom. The van der Waals surface area contributed by atoms with Crippen LogP contribution in [0.4, 0.5) is 0 Å². The summed E-state index contributed by atoms with van der Waals surface area (Å²) in [6, 6.07) is 7.24. The minimum absolute atomic E-state index is 0.0190. The lowest BCUT2D eigenvalue weighted by Gasteiger charge is -2.42. The summed E-state index contributed by atoms with van der Waals surface area (Å²) in [7, 11) is 0. The zero-order valence-electron chi connectivity index (χ0n) is 15.6. The lowest BCUT2D eigenvalue weighted by atomic mass is 9.92. The van der Waals surface area contributed by atoms with Gasteiger partial charge in [-0.25, -0.2) is 9.67 Å². The fourth-order valence-electron chi connectivity index (χ4n) is 3.83. The van der Waals surface area contributed by atoms with Crippen molar-refractivity contribution in [3.05, 3.63) is 41.5 Å². The Morgan fingerprint density at radius 1 is 1.33 bits per heavy atom. The molecule has 1 saturated heterocycles. The van der Waals surface area contributed by atoms with Crippen molar-refractivity contribution >= 4 is 11.8 Å². The number of likely N-dealkylation sites (tertiary alicyclic amines) is 1. The van der Waals surface area contributed by atoms with Crippen molar-refractivity contribution in [2.75, 3.05) is 19.6 Å². The molecule has 1 fully saturated rings. The fraction of sp³-hybridized carbons (Fsp3) is 0.474. The van der Waals surface area contributed by atoms with Gasteiger partial charge in [0.25, 0.3) is 5.91 Å². The van der Waals surface area contributed by atoms with E-state index in [1.54, 1.807) is 15.6 Å². The van der Waals surface area contributed by atoms with Gasteiger partial charge in [0, 0.05) is 6.54 Å². The highest BCUT2D eigenvalue weighted by Gasteiger charge is 2.42. The molecule has 1 spiro atoms. The first-order chi connectivity index (χ1) is 13.0. The molecule has 1 N–H and O–H groups in total. The minimum atomic E-state index is -0.608. The van der Waals surface area contributed by atoms with Gasteiger partial charge in [0.2, 0.25) is 5.91 Å². The standard InChI is InChI=1S/C19H23N5O3/c1-13-21-14(2)24(22-13)10-17(25)23-9-5-8-19(12-23)11-20-18(26)15-6-3-4-7-16(15)27-19/h3-4,6-7H,5,8-12H2,1-2H3,(H,20,26). The van der Waals surface area contributed by atoms with Crippen LogP contribution in [0, 0.1) is 13.8 Å². The van der Waals surface area contributed by atoms with Crippen LogP contribution in [0.3, 0.4) is 0 Å². The second kappa shape index (κ2) is 6.68. The van der Waals surface area contributed by atoms with Gasteiger partial charge in [-0.15, -0.1) is 0 Å². The Labute approximate surface area is 157 Å². The maximum Gasteiger partial charge on any atom is 0.255 e. The monoisotopic (exact) mass is 369 g/mol. The van der Waals surface area contributed by atoms with Gasteiger partial charge in [0.05, 0.1) is 18.7 Å². The van der Waals surface area contributed by atoms with Crippen molar-refractivity contribution in [1.82, 2.24) is 25.0 Å². The van der Waals surface area contributed by atoms with Crippen molar-refractivity contribution in [3.8, 4) is 5.75 Å². The normalized spacial score (nSPS) is 22.0. The van der Waals surface area contributed by atoms with Crippen molar-refractivity contribution < 1.29 is 14.3 Å². The number of rotatable bonds is 2. The van der Waals surface area contributed by atoms with E-state index in [9.17, 15) is 9.59 Å². The Morgan fingerprint density at radius 3 is 2.93 bits per heavy atom. The van der Waals surface area contributed by atoms with Gasteiger partial charge in [-0.2, -0.15) is 5.10 Å². The molecule has 0 saturated carbocycles. The third-order valence-electron chi connectivity index (χ3n) is 5.17. The number of nitrogens with one attached hydrogen (secondary N) is 1. The number of hydrogen-bond donors (Lipinski definition) is 1. The molecule has 2 aliphatic rings. The van der Waals surface area contributed by atoms with E-state index in [1.165, 1.54) is 0 Å². The molecule has 27 heavy (non-hydrogen) atoms. The highest BCUT2D eigenvalue weighted by atomic mass is 16.5. The van der Waals surface area contributed by atoms with Gasteiger partial charge in [0.15, 0.2) is 0 Å². The van der Waals surface area contributed by atoms with Crippen LogP contribution in [0.5, 0.6) is 5.75 Å². The van der Waals surface area contributed by atoms with E-state index >= 15 is 0 Å². The van der Waals surface area contributed by atoms with Crippen molar-refractivity contribution in [1.29, 1.82) is 0 Å². The number of carbonyl (C=O) groups is 2. The summed E-state index contributed by atoms with van der Waals surface area (Å²) in [5.41, 5.74) is -0.0738. The molecule has 2 aliphatic heterocycles. The molecule has 1 aromatic heterocycles. The molecule has 3 heterocycles. The predicted molar refractivity (Wildman–Crippen MR) is 97.4 cm³/mol. The van der Waals surface area contributed by atoms with E-state index in [4.69, 9.17) is 4.74 Å². The molecule has 1 aromatic carbocycles. The summed E-state index contributed by atoms with van der Waals surface area (Å²) in [6.07, 6.45) is 1.60. The van der Waals surface area contributed by atoms with Gasteiger partial charge >= 0.3 is 0 Å². The summed E-state index contributed by atoms with van der Waals surface area (Å²) in [6.45, 7) is 5.30. The highest BCUT2D eigenvalue weighted by Crippen LogP contribution is 2.32. The van der Waals surface area contributed by atoms with Crippen molar-refractivity contribution in [3.63, 3.8) is 0 Å². The van der Waals surface area contributed by atoms with E-state index in [0.29, 0.717) is 36.8 Å². The van der Waals surface area contributed by atoms with E-state index in [1.807, 2.05) is 32.0 Å². The lowest BCUT2D eigenvalue weighted by molar-refractivity contribution is -0.137. The molecule has 8 heteroatoms. The Kier molecular flexibility index (Phi) is 4.33. The van der Waals surface area contributed by atoms with E-state index < -0.39 is 5.60 Å². The maximum atomic E-state index is 12.8. The number of aromatic nitrogens is 3. The number of para-hydroxylation sites is 1. The van der Waals surface area contributed by atoms with Crippen LogP contribution in [-0.2, 0) is 11.3 Å². The third-order valence-corrected chi connectivity index (χ3v) is 5.17. The summed E-state index contributed by atoms with van der Waals surface area (Å²) in [5, 5.41) is 7.23. The largest absolute Gasteiger partial charge is 0.483 e. The molecule has 4 rings (SSSR count). The first-order valence-electron chi connectivity index (χ1n) is 9.18. The molecular weight excluding hydrogens is 346 g/mol. The predicted octanol–water partition coefficient (Wildman–Crippen LogP) is 1.08. The number of ether oxygens (including phenoxy) is 1. The number of carbonyl (C=O) groups excluding carboxylic acids is 2. The third kappa shape index (κ3) is 3.39. The van der Waals surface area contributed by atoms with Crippen LogP contribution < -0.4 is 10.1 Å². The number of benzene rings is 1. The topological polar surface area (TPSA) is 89.4 Å². The molecule has 0 aliphatic carbocycles. The SMILES string of the molecule is Cc1nc(C)n(CC(=O)N2CCCC3(CNC(=O)c4ccccc4O3)C2)n1. The second-order valence-corrected chi connectivity index (χ2v) is 7.25.